The molecule has 0 aromatic carbocycles. The zero-order valence-corrected chi connectivity index (χ0v) is 7.96. The minimum Gasteiger partial charge on any atom is -0.425 e. The fraction of sp³-hybridized carbons (Fsp3) is 0.600. The van der Waals surface area contributed by atoms with Crippen LogP contribution in [0, 0.1) is 28.6 Å². The van der Waals surface area contributed by atoms with Gasteiger partial charge in [0.1, 0.15) is 0 Å². The maximum Gasteiger partial charge on any atom is 0 e. The van der Waals surface area contributed by atoms with Gasteiger partial charge >= 0.3 is 0 Å². The van der Waals surface area contributed by atoms with Crippen LogP contribution in [0.1, 0.15) is 13.3 Å². The van der Waals surface area contributed by atoms with Gasteiger partial charge in [-0.05, 0) is 0 Å². The Balaban J connectivity index is -0.0000000800. The number of aliphatic hydroxyl groups excluding tert-OH is 1. The second-order valence-electron chi connectivity index (χ2n) is 1.06. The van der Waals surface area contributed by atoms with Crippen LogP contribution in [-0.2, 0) is 0 Å². The molecule has 0 fully saturated rings. The molecular formula is C5H12AmO-2. The first-order chi connectivity index (χ1) is 2.27. The molecule has 0 bridgehead atoms. The summed E-state index contributed by atoms with van der Waals surface area (Å²) in [5.41, 5.74) is 0. The van der Waals surface area contributed by atoms with Crippen molar-refractivity contribution in [3.8, 4) is 0 Å². The van der Waals surface area contributed by atoms with Gasteiger partial charge in [0.2, 0.25) is 0 Å². The van der Waals surface area contributed by atoms with E-state index in [1.165, 1.54) is 0 Å². The van der Waals surface area contributed by atoms with Gasteiger partial charge in [-0.3, -0.25) is 0 Å². The third-order valence-corrected chi connectivity index (χ3v) is 0.471. The topological polar surface area (TPSA) is 20.2 Å². The van der Waals surface area contributed by atoms with Gasteiger partial charge in [-0.25, -0.2) is 0 Å². The van der Waals surface area contributed by atoms with Crippen LogP contribution in [0.5, 0.6) is 0 Å². The van der Waals surface area contributed by atoms with E-state index in [2.05, 4.69) is 6.92 Å². The van der Waals surface area contributed by atoms with E-state index in [-0.39, 0.29) is 27.8 Å². The van der Waals surface area contributed by atoms with Crippen molar-refractivity contribution in [1.29, 1.82) is 0 Å². The molecule has 0 aliphatic rings. The number of aliphatic hydroxyl groups is 1. The summed E-state index contributed by atoms with van der Waals surface area (Å²) in [6, 6.07) is 0. The summed E-state index contributed by atoms with van der Waals surface area (Å²) >= 11 is 0. The standard InChI is InChI=1S/C4H9O.CH3.Am/c1-3-4(2)5;;/h4-5H,2-3H2,1H3;1H3;/q2*-1;. The Labute approximate surface area is 53.9 Å². The molecule has 0 rings (SSSR count). The molecule has 0 aliphatic heterocycles. The fourth-order valence-electron chi connectivity index (χ4n) is 0. The molecule has 0 spiro atoms. The summed E-state index contributed by atoms with van der Waals surface area (Å²) in [4.78, 5) is 0. The van der Waals surface area contributed by atoms with Crippen LogP contribution in [0.15, 0.2) is 0 Å². The molecule has 1 nitrogen and oxygen atoms in total. The molecule has 47 valence electrons. The second-order valence-corrected chi connectivity index (χ2v) is 1.06. The molecule has 1 radical (unpaired) electrons. The molecule has 0 aromatic heterocycles. The van der Waals surface area contributed by atoms with Crippen molar-refractivity contribution in [1.82, 2.24) is 0 Å². The molecule has 0 aliphatic carbocycles. The number of hydrogen-bond acceptors (Lipinski definition) is 1. The summed E-state index contributed by atoms with van der Waals surface area (Å²) in [7, 11) is 0. The molecule has 0 saturated heterocycles. The number of hydrogen-bond donors (Lipinski definition) is 1. The van der Waals surface area contributed by atoms with Gasteiger partial charge in [0.25, 0.3) is 0 Å². The van der Waals surface area contributed by atoms with Crippen molar-refractivity contribution in [3.63, 3.8) is 0 Å². The molecule has 1 N–H and O–H groups in total. The second kappa shape index (κ2) is 9.60. The largest absolute Gasteiger partial charge is 0.425 e. The third-order valence-electron chi connectivity index (χ3n) is 0.471. The molecular weight excluding hydrogens is 319 g/mol. The molecule has 0 heterocycles. The van der Waals surface area contributed by atoms with Crippen LogP contribution in [-0.4, -0.2) is 11.2 Å². The van der Waals surface area contributed by atoms with Crippen molar-refractivity contribution in [2.75, 3.05) is 0 Å². The van der Waals surface area contributed by atoms with Crippen LogP contribution in [0.25, 0.3) is 0 Å². The van der Waals surface area contributed by atoms with Crippen LogP contribution < -0.4 is 0 Å². The van der Waals surface area contributed by atoms with E-state index in [0.29, 0.717) is 0 Å². The average molecular weight is 331 g/mol. The SMILES string of the molecule is [Am].[CH2-]C(O)CC.[CH3-]. The zero-order valence-electron chi connectivity index (χ0n) is 4.82. The zero-order chi connectivity index (χ0) is 4.28. The van der Waals surface area contributed by atoms with Gasteiger partial charge in [0, 0.05) is 14.3 Å². The van der Waals surface area contributed by atoms with Gasteiger partial charge in [0.05, 0.1) is 0 Å². The Kier molecular flexibility index (Phi) is 21.5. The first kappa shape index (κ1) is 15.7. The summed E-state index contributed by atoms with van der Waals surface area (Å²) in [5.74, 6) is 0. The Morgan fingerprint density at radius 3 is 1.86 bits per heavy atom. The molecule has 0 aromatic rings. The molecule has 0 amide bonds. The van der Waals surface area contributed by atoms with E-state index in [9.17, 15) is 0 Å². The Bertz CT molecular complexity index is 22.0. The maximum absolute atomic E-state index is 8.25. The monoisotopic (exact) mass is 329 g/mol. The van der Waals surface area contributed by atoms with E-state index < -0.39 is 0 Å². The summed E-state index contributed by atoms with van der Waals surface area (Å²) in [6.45, 7) is 5.20. The van der Waals surface area contributed by atoms with Gasteiger partial charge < -0.3 is 19.5 Å². The van der Waals surface area contributed by atoms with Crippen molar-refractivity contribution >= 4 is 0 Å². The van der Waals surface area contributed by atoms with Crippen LogP contribution in [0.4, 0.5) is 0 Å². The quantitative estimate of drug-likeness (QED) is 0.712. The Morgan fingerprint density at radius 2 is 1.86 bits per heavy atom. The van der Waals surface area contributed by atoms with E-state index in [0.717, 1.165) is 6.42 Å². The van der Waals surface area contributed by atoms with E-state index in [4.69, 9.17) is 5.11 Å². The summed E-state index contributed by atoms with van der Waals surface area (Å²) in [6.07, 6.45) is 0.384. The molecule has 1 atom stereocenters. The molecule has 2 heteroatoms. The van der Waals surface area contributed by atoms with Crippen LogP contribution in [0.2, 0.25) is 0 Å². The smallest absolute Gasteiger partial charge is 0 e. The maximum atomic E-state index is 8.25. The van der Waals surface area contributed by atoms with E-state index in [1.807, 2.05) is 6.92 Å². The van der Waals surface area contributed by atoms with E-state index >= 15 is 0 Å². The van der Waals surface area contributed by atoms with Crippen molar-refractivity contribution < 1.29 is 19.4 Å². The van der Waals surface area contributed by atoms with Crippen molar-refractivity contribution in [2.45, 2.75) is 19.4 Å². The minimum absolute atomic E-state index is 0. The van der Waals surface area contributed by atoms with Gasteiger partial charge in [-0.2, -0.15) is 0 Å². The first-order valence-electron chi connectivity index (χ1n) is 1.78. The molecule has 7 heavy (non-hydrogen) atoms. The number of rotatable bonds is 1. The van der Waals surface area contributed by atoms with Gasteiger partial charge in [-0.15, -0.1) is 0 Å². The Hall–Kier alpha value is 0.350. The van der Waals surface area contributed by atoms with Gasteiger partial charge in [0.15, 0.2) is 0 Å². The van der Waals surface area contributed by atoms with Crippen molar-refractivity contribution in [2.24, 2.45) is 0 Å². The van der Waals surface area contributed by atoms with E-state index in [1.54, 1.807) is 0 Å². The summed E-state index contributed by atoms with van der Waals surface area (Å²) in [5, 5.41) is 8.25. The third kappa shape index (κ3) is 21.8. The predicted octanol–water partition coefficient (Wildman–Crippen LogP) is 1.04. The molecule has 0 saturated carbocycles. The molecule has 1 unspecified atom stereocenters. The Morgan fingerprint density at radius 1 is 1.71 bits per heavy atom. The minimum atomic E-state index is -0.366. The van der Waals surface area contributed by atoms with Crippen LogP contribution >= 0.6 is 0 Å². The van der Waals surface area contributed by atoms with Crippen LogP contribution in [0.3, 0.4) is 0 Å². The van der Waals surface area contributed by atoms with Gasteiger partial charge in [-0.1, -0.05) is 19.4 Å². The normalized spacial score (nSPS) is 10.7. The fourth-order valence-corrected chi connectivity index (χ4v) is 0. The first-order valence-corrected chi connectivity index (χ1v) is 1.78. The van der Waals surface area contributed by atoms with Crippen molar-refractivity contribution in [3.05, 3.63) is 14.4 Å². The predicted molar refractivity (Wildman–Crippen MR) is 28.1 cm³/mol. The average Bonchev–Trinajstić information content (AvgIpc) is 1.38. The summed E-state index contributed by atoms with van der Waals surface area (Å²) < 4.78 is 0.